The molecule has 0 bridgehead atoms. The minimum absolute atomic E-state index is 0.149. The van der Waals surface area contributed by atoms with Gasteiger partial charge in [0, 0.05) is 11.1 Å². The number of hydrogen-bond donors (Lipinski definition) is 3. The van der Waals surface area contributed by atoms with E-state index < -0.39 is 0 Å². The maximum Gasteiger partial charge on any atom is 0.216 e. The van der Waals surface area contributed by atoms with Gasteiger partial charge in [-0.3, -0.25) is 0 Å². The van der Waals surface area contributed by atoms with Crippen LogP contribution in [0.3, 0.4) is 0 Å². The van der Waals surface area contributed by atoms with E-state index in [0.29, 0.717) is 22.8 Å². The number of ether oxygens (including phenoxy) is 1. The van der Waals surface area contributed by atoms with Crippen LogP contribution in [0.15, 0.2) is 53.6 Å². The van der Waals surface area contributed by atoms with E-state index in [-0.39, 0.29) is 5.75 Å². The highest BCUT2D eigenvalue weighted by molar-refractivity contribution is 7.71. The maximum atomic E-state index is 9.75. The summed E-state index contributed by atoms with van der Waals surface area (Å²) in [5, 5.41) is 20.8. The molecule has 1 aromatic heterocycles. The average Bonchev–Trinajstić information content (AvgIpc) is 2.98. The number of rotatable bonds is 6. The van der Waals surface area contributed by atoms with Crippen LogP contribution in [-0.2, 0) is 0 Å². The molecule has 0 radical (unpaired) electrons. The molecule has 3 rings (SSSR count). The number of hydrazone groups is 1. The maximum absolute atomic E-state index is 9.75. The molecule has 0 unspecified atom stereocenters. The Hall–Kier alpha value is -3.13. The molecular weight excluding hydrogens is 338 g/mol. The largest absolute Gasteiger partial charge is 0.507 e. The van der Waals surface area contributed by atoms with Gasteiger partial charge in [-0.05, 0) is 55.5 Å². The van der Waals surface area contributed by atoms with E-state index in [2.05, 4.69) is 20.8 Å². The van der Waals surface area contributed by atoms with Crippen molar-refractivity contribution >= 4 is 18.4 Å². The van der Waals surface area contributed by atoms with E-state index in [1.807, 2.05) is 37.3 Å². The molecule has 1 heterocycles. The highest BCUT2D eigenvalue weighted by atomic mass is 32.1. The van der Waals surface area contributed by atoms with Gasteiger partial charge in [-0.1, -0.05) is 12.1 Å². The Morgan fingerprint density at radius 1 is 1.28 bits per heavy atom. The molecule has 25 heavy (non-hydrogen) atoms. The minimum atomic E-state index is 0.149. The van der Waals surface area contributed by atoms with Crippen LogP contribution in [0, 0.1) is 4.77 Å². The smallest absolute Gasteiger partial charge is 0.216 e. The lowest BCUT2D eigenvalue weighted by Gasteiger charge is -2.07. The van der Waals surface area contributed by atoms with Crippen LogP contribution in [0.2, 0.25) is 0 Å². The number of nitrogens with one attached hydrogen (secondary N) is 2. The van der Waals surface area contributed by atoms with E-state index in [1.54, 1.807) is 22.9 Å². The van der Waals surface area contributed by atoms with Gasteiger partial charge in [-0.2, -0.15) is 14.9 Å². The van der Waals surface area contributed by atoms with Crippen molar-refractivity contribution in [2.45, 2.75) is 6.92 Å². The van der Waals surface area contributed by atoms with Crippen LogP contribution in [-0.4, -0.2) is 32.8 Å². The third-order valence-corrected chi connectivity index (χ3v) is 3.67. The quantitative estimate of drug-likeness (QED) is 0.359. The number of hydrogen-bond acceptors (Lipinski definition) is 6. The lowest BCUT2D eigenvalue weighted by atomic mass is 10.2. The number of nitrogens with zero attached hydrogens (tertiary/aromatic N) is 3. The summed E-state index contributed by atoms with van der Waals surface area (Å²) in [6, 6.07) is 14.4. The van der Waals surface area contributed by atoms with Crippen molar-refractivity contribution in [3.05, 3.63) is 58.9 Å². The number of H-pyrrole nitrogens is 1. The van der Waals surface area contributed by atoms with E-state index in [0.717, 1.165) is 11.3 Å². The Kier molecular flexibility index (Phi) is 5.10. The molecule has 3 N–H and O–H groups in total. The Morgan fingerprint density at radius 2 is 2.04 bits per heavy atom. The van der Waals surface area contributed by atoms with Gasteiger partial charge in [-0.25, -0.2) is 10.6 Å². The number of aromatic nitrogens is 3. The number of phenols is 1. The molecule has 0 aliphatic carbocycles. The molecule has 0 aliphatic rings. The molecule has 0 atom stereocenters. The first-order valence-electron chi connectivity index (χ1n) is 7.66. The van der Waals surface area contributed by atoms with Gasteiger partial charge in [0.1, 0.15) is 11.5 Å². The first kappa shape index (κ1) is 16.7. The Balaban J connectivity index is 1.82. The fourth-order valence-corrected chi connectivity index (χ4v) is 2.38. The van der Waals surface area contributed by atoms with Crippen molar-refractivity contribution in [1.82, 2.24) is 14.9 Å². The summed E-state index contributed by atoms with van der Waals surface area (Å²) in [6.07, 6.45) is 1.51. The molecule has 0 amide bonds. The standard InChI is InChI=1S/C17H17N5O2S/c1-2-24-14-9-7-12(8-10-14)16-19-20-17(25)22(16)21-18-11-13-5-3-4-6-15(13)23/h3-11,21,23H,2H2,1H3,(H,20,25). The van der Waals surface area contributed by atoms with Crippen molar-refractivity contribution in [1.29, 1.82) is 0 Å². The van der Waals surface area contributed by atoms with Crippen molar-refractivity contribution in [3.63, 3.8) is 0 Å². The third-order valence-electron chi connectivity index (χ3n) is 3.39. The van der Waals surface area contributed by atoms with Crippen LogP contribution in [0.25, 0.3) is 11.4 Å². The second-order valence-corrected chi connectivity index (χ2v) is 5.45. The summed E-state index contributed by atoms with van der Waals surface area (Å²) in [5.74, 6) is 1.52. The molecule has 0 fully saturated rings. The number of para-hydroxylation sites is 1. The van der Waals surface area contributed by atoms with Crippen LogP contribution in [0.1, 0.15) is 12.5 Å². The lowest BCUT2D eigenvalue weighted by molar-refractivity contribution is 0.340. The molecular formula is C17H17N5O2S. The fourth-order valence-electron chi connectivity index (χ4n) is 2.20. The monoisotopic (exact) mass is 355 g/mol. The predicted molar refractivity (Wildman–Crippen MR) is 99.1 cm³/mol. The van der Waals surface area contributed by atoms with E-state index in [4.69, 9.17) is 17.0 Å². The summed E-state index contributed by atoms with van der Waals surface area (Å²) >= 11 is 5.23. The zero-order chi connectivity index (χ0) is 17.6. The van der Waals surface area contributed by atoms with Gasteiger partial charge in [-0.15, -0.1) is 0 Å². The van der Waals surface area contributed by atoms with Crippen LogP contribution >= 0.6 is 12.2 Å². The summed E-state index contributed by atoms with van der Waals surface area (Å²) in [4.78, 5) is 0. The highest BCUT2D eigenvalue weighted by Gasteiger charge is 2.08. The highest BCUT2D eigenvalue weighted by Crippen LogP contribution is 2.20. The molecule has 0 aliphatic heterocycles. The van der Waals surface area contributed by atoms with E-state index >= 15 is 0 Å². The molecule has 2 aromatic carbocycles. The van der Waals surface area contributed by atoms with Crippen LogP contribution in [0.5, 0.6) is 11.5 Å². The number of aromatic amines is 1. The minimum Gasteiger partial charge on any atom is -0.507 e. The normalized spacial score (nSPS) is 10.9. The Morgan fingerprint density at radius 3 is 2.76 bits per heavy atom. The number of benzene rings is 2. The molecule has 0 saturated heterocycles. The van der Waals surface area contributed by atoms with Crippen molar-refractivity contribution < 1.29 is 9.84 Å². The predicted octanol–water partition coefficient (Wildman–Crippen LogP) is 3.29. The Bertz CT molecular complexity index is 931. The summed E-state index contributed by atoms with van der Waals surface area (Å²) in [6.45, 7) is 2.55. The van der Waals surface area contributed by atoms with Crippen LogP contribution in [0.4, 0.5) is 0 Å². The second-order valence-electron chi connectivity index (χ2n) is 5.06. The zero-order valence-corrected chi connectivity index (χ0v) is 14.3. The fraction of sp³-hybridized carbons (Fsp3) is 0.118. The van der Waals surface area contributed by atoms with Crippen molar-refractivity contribution in [2.75, 3.05) is 12.1 Å². The second kappa shape index (κ2) is 7.63. The number of phenolic OH excluding ortho intramolecular Hbond substituents is 1. The number of aromatic hydroxyl groups is 1. The topological polar surface area (TPSA) is 87.5 Å². The third kappa shape index (κ3) is 3.86. The first-order chi connectivity index (χ1) is 12.2. The molecule has 7 nitrogen and oxygen atoms in total. The van der Waals surface area contributed by atoms with Gasteiger partial charge >= 0.3 is 0 Å². The molecule has 8 heteroatoms. The van der Waals surface area contributed by atoms with Crippen molar-refractivity contribution in [3.8, 4) is 22.9 Å². The first-order valence-corrected chi connectivity index (χ1v) is 8.07. The van der Waals surface area contributed by atoms with Gasteiger partial charge in [0.15, 0.2) is 5.82 Å². The van der Waals surface area contributed by atoms with Gasteiger partial charge in [0.05, 0.1) is 12.8 Å². The molecule has 3 aromatic rings. The van der Waals surface area contributed by atoms with E-state index in [1.165, 1.54) is 6.21 Å². The summed E-state index contributed by atoms with van der Waals surface area (Å²) < 4.78 is 7.36. The van der Waals surface area contributed by atoms with Gasteiger partial charge in [0.2, 0.25) is 4.77 Å². The summed E-state index contributed by atoms with van der Waals surface area (Å²) in [5.41, 5.74) is 4.26. The zero-order valence-electron chi connectivity index (χ0n) is 13.5. The van der Waals surface area contributed by atoms with Gasteiger partial charge < -0.3 is 9.84 Å². The molecule has 128 valence electrons. The van der Waals surface area contributed by atoms with E-state index in [9.17, 15) is 5.11 Å². The van der Waals surface area contributed by atoms with Crippen molar-refractivity contribution in [2.24, 2.45) is 5.10 Å². The summed E-state index contributed by atoms with van der Waals surface area (Å²) in [7, 11) is 0. The molecule has 0 spiro atoms. The van der Waals surface area contributed by atoms with Gasteiger partial charge in [0.25, 0.3) is 0 Å². The molecule has 0 saturated carbocycles. The average molecular weight is 355 g/mol. The lowest BCUT2D eigenvalue weighted by Crippen LogP contribution is -2.10. The SMILES string of the molecule is CCOc1ccc(-c2n[nH]c(=S)n2NN=Cc2ccccc2O)cc1. The van der Waals surface area contributed by atoms with Crippen LogP contribution < -0.4 is 10.3 Å². The Labute approximate surface area is 149 Å².